The van der Waals surface area contributed by atoms with Crippen LogP contribution in [0.2, 0.25) is 0 Å². The first-order chi connectivity index (χ1) is 10.8. The summed E-state index contributed by atoms with van der Waals surface area (Å²) in [5.41, 5.74) is 2.12. The molecule has 0 radical (unpaired) electrons. The van der Waals surface area contributed by atoms with Crippen molar-refractivity contribution in [3.05, 3.63) is 46.7 Å². The van der Waals surface area contributed by atoms with Gasteiger partial charge in [-0.25, -0.2) is 0 Å². The average molecular weight is 316 g/mol. The van der Waals surface area contributed by atoms with E-state index in [1.54, 1.807) is 11.3 Å². The smallest absolute Gasteiger partial charge is 0.279 e. The van der Waals surface area contributed by atoms with E-state index in [0.29, 0.717) is 6.54 Å². The van der Waals surface area contributed by atoms with Crippen LogP contribution in [0.15, 0.2) is 41.8 Å². The van der Waals surface area contributed by atoms with Gasteiger partial charge >= 0.3 is 0 Å². The molecule has 22 heavy (non-hydrogen) atoms. The van der Waals surface area contributed by atoms with Crippen LogP contribution in [0.5, 0.6) is 0 Å². The van der Waals surface area contributed by atoms with Crippen LogP contribution < -0.4 is 15.5 Å². The highest BCUT2D eigenvalue weighted by molar-refractivity contribution is 7.09. The standard InChI is InChI=1S/C17H21N3OS/c21-17(13-18-12-16-4-3-11-22-16)19-14-5-7-15(8-6-14)20-9-1-2-10-20/h3-8,11,18H,1-2,9-10,12-13H2,(H,19,21)/p+1. The van der Waals surface area contributed by atoms with Gasteiger partial charge in [0.15, 0.2) is 6.54 Å². The summed E-state index contributed by atoms with van der Waals surface area (Å²) in [5, 5.41) is 7.04. The Labute approximate surface area is 135 Å². The Hall–Kier alpha value is -1.85. The van der Waals surface area contributed by atoms with E-state index >= 15 is 0 Å². The summed E-state index contributed by atoms with van der Waals surface area (Å²) in [6, 6.07) is 12.3. The molecule has 1 aliphatic heterocycles. The second-order valence-corrected chi connectivity index (χ2v) is 6.60. The van der Waals surface area contributed by atoms with E-state index in [1.807, 2.05) is 23.5 Å². The number of carbonyl (C=O) groups is 1. The van der Waals surface area contributed by atoms with Crippen LogP contribution in [0, 0.1) is 0 Å². The van der Waals surface area contributed by atoms with Crippen molar-refractivity contribution in [2.24, 2.45) is 0 Å². The van der Waals surface area contributed by atoms with E-state index in [9.17, 15) is 4.79 Å². The summed E-state index contributed by atoms with van der Waals surface area (Å²) in [7, 11) is 0. The van der Waals surface area contributed by atoms with Gasteiger partial charge in [-0.3, -0.25) is 4.79 Å². The number of hydrogen-bond donors (Lipinski definition) is 2. The molecule has 1 saturated heterocycles. The van der Waals surface area contributed by atoms with Crippen molar-refractivity contribution in [3.8, 4) is 0 Å². The molecule has 4 nitrogen and oxygen atoms in total. The van der Waals surface area contributed by atoms with Crippen molar-refractivity contribution < 1.29 is 10.1 Å². The first kappa shape index (κ1) is 15.1. The van der Waals surface area contributed by atoms with Gasteiger partial charge in [0.25, 0.3) is 5.91 Å². The molecule has 2 heterocycles. The summed E-state index contributed by atoms with van der Waals surface area (Å²) >= 11 is 1.72. The molecule has 1 aromatic heterocycles. The third kappa shape index (κ3) is 4.08. The lowest BCUT2D eigenvalue weighted by Gasteiger charge is -2.17. The van der Waals surface area contributed by atoms with E-state index in [-0.39, 0.29) is 5.91 Å². The van der Waals surface area contributed by atoms with Gasteiger partial charge in [0.2, 0.25) is 0 Å². The zero-order valence-electron chi connectivity index (χ0n) is 12.6. The van der Waals surface area contributed by atoms with Gasteiger partial charge < -0.3 is 15.5 Å². The first-order valence-electron chi connectivity index (χ1n) is 7.80. The maximum absolute atomic E-state index is 11.9. The number of nitrogens with one attached hydrogen (secondary N) is 1. The molecule has 0 saturated carbocycles. The SMILES string of the molecule is O=C(C[NH2+]Cc1cccs1)Nc1ccc(N2CCCC2)cc1. The molecule has 0 unspecified atom stereocenters. The van der Waals surface area contributed by atoms with Crippen LogP contribution in [-0.4, -0.2) is 25.5 Å². The molecule has 3 rings (SSSR count). The second kappa shape index (κ2) is 7.42. The fraction of sp³-hybridized carbons (Fsp3) is 0.353. The third-order valence-corrected chi connectivity index (χ3v) is 4.78. The molecule has 5 heteroatoms. The van der Waals surface area contributed by atoms with E-state index in [4.69, 9.17) is 0 Å². The van der Waals surface area contributed by atoms with Gasteiger partial charge in [-0.2, -0.15) is 0 Å². The van der Waals surface area contributed by atoms with E-state index in [1.165, 1.54) is 23.4 Å². The third-order valence-electron chi connectivity index (χ3n) is 3.88. The molecule has 116 valence electrons. The van der Waals surface area contributed by atoms with E-state index in [2.05, 4.69) is 33.8 Å². The minimum Gasteiger partial charge on any atom is -0.372 e. The molecule has 3 N–H and O–H groups in total. The lowest BCUT2D eigenvalue weighted by molar-refractivity contribution is -0.659. The van der Waals surface area contributed by atoms with Crippen LogP contribution in [0.4, 0.5) is 11.4 Å². The maximum Gasteiger partial charge on any atom is 0.279 e. The van der Waals surface area contributed by atoms with Gasteiger partial charge in [-0.05, 0) is 48.6 Å². The van der Waals surface area contributed by atoms with Crippen molar-refractivity contribution in [3.63, 3.8) is 0 Å². The Bertz CT molecular complexity index is 589. The molecule has 1 fully saturated rings. The highest BCUT2D eigenvalue weighted by Crippen LogP contribution is 2.21. The van der Waals surface area contributed by atoms with Gasteiger partial charge in [-0.15, -0.1) is 11.3 Å². The molecule has 0 atom stereocenters. The molecule has 0 spiro atoms. The number of amides is 1. The Morgan fingerprint density at radius 1 is 1.18 bits per heavy atom. The number of nitrogens with two attached hydrogens (primary N) is 1. The van der Waals surface area contributed by atoms with E-state index in [0.717, 1.165) is 25.3 Å². The van der Waals surface area contributed by atoms with Crippen LogP contribution in [0.25, 0.3) is 0 Å². The Balaban J connectivity index is 1.44. The van der Waals surface area contributed by atoms with Crippen LogP contribution in [-0.2, 0) is 11.3 Å². The monoisotopic (exact) mass is 316 g/mol. The fourth-order valence-electron chi connectivity index (χ4n) is 2.72. The molecule has 1 aromatic carbocycles. The number of anilines is 2. The van der Waals surface area contributed by atoms with Crippen molar-refractivity contribution >= 4 is 28.6 Å². The summed E-state index contributed by atoms with van der Waals surface area (Å²) in [6.07, 6.45) is 2.55. The highest BCUT2D eigenvalue weighted by atomic mass is 32.1. The van der Waals surface area contributed by atoms with Crippen molar-refractivity contribution in [2.45, 2.75) is 19.4 Å². The molecular weight excluding hydrogens is 294 g/mol. The van der Waals surface area contributed by atoms with Crippen molar-refractivity contribution in [1.29, 1.82) is 0 Å². The summed E-state index contributed by atoms with van der Waals surface area (Å²) in [6.45, 7) is 3.59. The van der Waals surface area contributed by atoms with Crippen LogP contribution in [0.3, 0.4) is 0 Å². The molecule has 2 aromatic rings. The van der Waals surface area contributed by atoms with Crippen molar-refractivity contribution in [2.75, 3.05) is 29.9 Å². The molecule has 0 bridgehead atoms. The van der Waals surface area contributed by atoms with Crippen molar-refractivity contribution in [1.82, 2.24) is 0 Å². The normalized spacial score (nSPS) is 14.3. The lowest BCUT2D eigenvalue weighted by Crippen LogP contribution is -2.84. The zero-order chi connectivity index (χ0) is 15.2. The molecule has 1 aliphatic rings. The second-order valence-electron chi connectivity index (χ2n) is 5.57. The molecular formula is C17H22N3OS+. The number of benzene rings is 1. The number of rotatable bonds is 6. The number of nitrogens with zero attached hydrogens (tertiary/aromatic N) is 1. The minimum atomic E-state index is 0.0467. The summed E-state index contributed by atoms with van der Waals surface area (Å²) in [5.74, 6) is 0.0467. The lowest BCUT2D eigenvalue weighted by atomic mass is 10.2. The average Bonchev–Trinajstić information content (AvgIpc) is 3.21. The van der Waals surface area contributed by atoms with Crippen LogP contribution in [0.1, 0.15) is 17.7 Å². The largest absolute Gasteiger partial charge is 0.372 e. The number of thiophene rings is 1. The Morgan fingerprint density at radius 2 is 1.95 bits per heavy atom. The predicted octanol–water partition coefficient (Wildman–Crippen LogP) is 2.05. The topological polar surface area (TPSA) is 49.0 Å². The van der Waals surface area contributed by atoms with E-state index < -0.39 is 0 Å². The van der Waals surface area contributed by atoms with Gasteiger partial charge in [-0.1, -0.05) is 6.07 Å². The summed E-state index contributed by atoms with van der Waals surface area (Å²) in [4.78, 5) is 15.6. The Morgan fingerprint density at radius 3 is 2.64 bits per heavy atom. The molecule has 1 amide bonds. The number of quaternary nitrogens is 1. The maximum atomic E-state index is 11.9. The number of hydrogen-bond acceptors (Lipinski definition) is 3. The first-order valence-corrected chi connectivity index (χ1v) is 8.68. The Kier molecular flexibility index (Phi) is 5.08. The van der Waals surface area contributed by atoms with Crippen LogP contribution >= 0.6 is 11.3 Å². The van der Waals surface area contributed by atoms with Gasteiger partial charge in [0.05, 0.1) is 4.88 Å². The minimum absolute atomic E-state index is 0.0467. The summed E-state index contributed by atoms with van der Waals surface area (Å²) < 4.78 is 0. The van der Waals surface area contributed by atoms with Gasteiger partial charge in [0, 0.05) is 24.5 Å². The molecule has 0 aliphatic carbocycles. The quantitative estimate of drug-likeness (QED) is 0.857. The highest BCUT2D eigenvalue weighted by Gasteiger charge is 2.12. The zero-order valence-corrected chi connectivity index (χ0v) is 13.4. The number of carbonyl (C=O) groups excluding carboxylic acids is 1. The predicted molar refractivity (Wildman–Crippen MR) is 91.3 cm³/mol. The fourth-order valence-corrected chi connectivity index (χ4v) is 3.42. The van der Waals surface area contributed by atoms with Gasteiger partial charge in [0.1, 0.15) is 6.54 Å².